The largest absolute Gasteiger partial charge is 0.469 e. The van der Waals surface area contributed by atoms with E-state index in [1.54, 1.807) is 0 Å². The van der Waals surface area contributed by atoms with Crippen molar-refractivity contribution in [3.05, 3.63) is 33.8 Å². The zero-order valence-electron chi connectivity index (χ0n) is 10.1. The van der Waals surface area contributed by atoms with Crippen molar-refractivity contribution in [2.75, 3.05) is 20.2 Å². The Hall–Kier alpha value is -0.870. The maximum Gasteiger partial charge on any atom is 0.311 e. The van der Waals surface area contributed by atoms with Crippen LogP contribution in [0.5, 0.6) is 0 Å². The summed E-state index contributed by atoms with van der Waals surface area (Å²) >= 11 is 3.48. The second-order valence-corrected chi connectivity index (χ2v) is 5.40. The Bertz CT molecular complexity index is 427. The summed E-state index contributed by atoms with van der Waals surface area (Å²) in [5.74, 6) is -0.0281. The zero-order chi connectivity index (χ0) is 12.4. The van der Waals surface area contributed by atoms with Crippen LogP contribution in [0.2, 0.25) is 0 Å². The lowest BCUT2D eigenvalue weighted by molar-refractivity contribution is -0.151. The monoisotopic (exact) mass is 297 g/mol. The van der Waals surface area contributed by atoms with E-state index in [-0.39, 0.29) is 11.9 Å². The van der Waals surface area contributed by atoms with E-state index in [4.69, 9.17) is 4.74 Å². The molecule has 0 bridgehead atoms. The highest BCUT2D eigenvalue weighted by molar-refractivity contribution is 9.10. The quantitative estimate of drug-likeness (QED) is 0.802. The average Bonchev–Trinajstić information content (AvgIpc) is 2.26. The van der Waals surface area contributed by atoms with E-state index in [0.717, 1.165) is 24.1 Å². The van der Waals surface area contributed by atoms with Crippen LogP contribution in [0, 0.1) is 12.8 Å². The zero-order valence-corrected chi connectivity index (χ0v) is 11.7. The van der Waals surface area contributed by atoms with Crippen molar-refractivity contribution in [3.63, 3.8) is 0 Å². The number of esters is 1. The standard InChI is InChI=1S/C13H16BrNO2/c1-9-3-4-12(14)5-10(9)6-15-7-11(8-15)13(16)17-2/h3-5,11H,6-8H2,1-2H3. The van der Waals surface area contributed by atoms with Crippen molar-refractivity contribution in [3.8, 4) is 0 Å². The maximum absolute atomic E-state index is 11.3. The number of hydrogen-bond acceptors (Lipinski definition) is 3. The lowest BCUT2D eigenvalue weighted by Gasteiger charge is -2.37. The van der Waals surface area contributed by atoms with Crippen molar-refractivity contribution >= 4 is 21.9 Å². The molecule has 0 amide bonds. The Morgan fingerprint density at radius 2 is 2.24 bits per heavy atom. The van der Waals surface area contributed by atoms with Crippen LogP contribution in [-0.4, -0.2) is 31.1 Å². The molecule has 92 valence electrons. The summed E-state index contributed by atoms with van der Waals surface area (Å²) in [4.78, 5) is 13.5. The van der Waals surface area contributed by atoms with Crippen LogP contribution >= 0.6 is 15.9 Å². The second kappa shape index (κ2) is 5.19. The molecule has 1 aromatic rings. The van der Waals surface area contributed by atoms with Crippen molar-refractivity contribution < 1.29 is 9.53 Å². The Morgan fingerprint density at radius 3 is 2.88 bits per heavy atom. The summed E-state index contributed by atoms with van der Waals surface area (Å²) in [5, 5.41) is 0. The van der Waals surface area contributed by atoms with Gasteiger partial charge in [-0.25, -0.2) is 0 Å². The molecule has 1 heterocycles. The van der Waals surface area contributed by atoms with Gasteiger partial charge in [0.25, 0.3) is 0 Å². The van der Waals surface area contributed by atoms with Gasteiger partial charge in [-0.2, -0.15) is 0 Å². The van der Waals surface area contributed by atoms with E-state index in [1.807, 2.05) is 6.07 Å². The van der Waals surface area contributed by atoms with Crippen LogP contribution in [0.3, 0.4) is 0 Å². The van der Waals surface area contributed by atoms with E-state index in [0.29, 0.717) is 0 Å². The lowest BCUT2D eigenvalue weighted by Crippen LogP contribution is -2.50. The summed E-state index contributed by atoms with van der Waals surface area (Å²) in [6.07, 6.45) is 0. The fourth-order valence-electron chi connectivity index (χ4n) is 2.07. The minimum Gasteiger partial charge on any atom is -0.469 e. The number of methoxy groups -OCH3 is 1. The highest BCUT2D eigenvalue weighted by atomic mass is 79.9. The smallest absolute Gasteiger partial charge is 0.311 e. The first kappa shape index (κ1) is 12.6. The predicted octanol–water partition coefficient (Wildman–Crippen LogP) is 2.36. The molecule has 0 radical (unpaired) electrons. The van der Waals surface area contributed by atoms with Crippen molar-refractivity contribution in [1.82, 2.24) is 4.90 Å². The number of benzene rings is 1. The molecule has 0 aliphatic carbocycles. The topological polar surface area (TPSA) is 29.5 Å². The molecule has 1 aliphatic rings. The minimum atomic E-state index is -0.0905. The van der Waals surface area contributed by atoms with E-state index in [2.05, 4.69) is 39.9 Å². The summed E-state index contributed by atoms with van der Waals surface area (Å²) in [6, 6.07) is 6.30. The fraction of sp³-hybridized carbons (Fsp3) is 0.462. The number of carbonyl (C=O) groups is 1. The molecule has 0 unspecified atom stereocenters. The first-order valence-corrected chi connectivity index (χ1v) is 6.44. The van der Waals surface area contributed by atoms with Gasteiger partial charge in [-0.3, -0.25) is 9.69 Å². The third-order valence-electron chi connectivity index (χ3n) is 3.20. The number of likely N-dealkylation sites (tertiary alicyclic amines) is 1. The van der Waals surface area contributed by atoms with Crippen molar-refractivity contribution in [2.45, 2.75) is 13.5 Å². The van der Waals surface area contributed by atoms with Crippen LogP contribution in [0.25, 0.3) is 0 Å². The van der Waals surface area contributed by atoms with Gasteiger partial charge in [0.15, 0.2) is 0 Å². The van der Waals surface area contributed by atoms with Gasteiger partial charge in [-0.1, -0.05) is 22.0 Å². The molecular formula is C13H16BrNO2. The van der Waals surface area contributed by atoms with Gasteiger partial charge in [0.1, 0.15) is 0 Å². The van der Waals surface area contributed by atoms with Gasteiger partial charge in [0.2, 0.25) is 0 Å². The first-order valence-electron chi connectivity index (χ1n) is 5.65. The van der Waals surface area contributed by atoms with Gasteiger partial charge < -0.3 is 4.74 Å². The number of halogens is 1. The van der Waals surface area contributed by atoms with Gasteiger partial charge in [-0.05, 0) is 30.2 Å². The molecule has 4 heteroatoms. The normalized spacial score (nSPS) is 16.6. The SMILES string of the molecule is COC(=O)C1CN(Cc2cc(Br)ccc2C)C1. The number of aryl methyl sites for hydroxylation is 1. The average molecular weight is 298 g/mol. The molecule has 0 aromatic heterocycles. The first-order chi connectivity index (χ1) is 8.10. The van der Waals surface area contributed by atoms with Crippen LogP contribution in [0.1, 0.15) is 11.1 Å². The number of rotatable bonds is 3. The molecule has 1 saturated heterocycles. The number of nitrogens with zero attached hydrogens (tertiary/aromatic N) is 1. The third kappa shape index (κ3) is 2.87. The summed E-state index contributed by atoms with van der Waals surface area (Å²) in [7, 11) is 1.45. The molecule has 1 fully saturated rings. The van der Waals surface area contributed by atoms with Gasteiger partial charge in [0, 0.05) is 24.1 Å². The molecule has 2 rings (SSSR count). The molecular weight excluding hydrogens is 282 g/mol. The predicted molar refractivity (Wildman–Crippen MR) is 69.7 cm³/mol. The molecule has 1 aromatic carbocycles. The summed E-state index contributed by atoms with van der Waals surface area (Å²) in [5.41, 5.74) is 2.59. The Kier molecular flexibility index (Phi) is 3.84. The van der Waals surface area contributed by atoms with Crippen molar-refractivity contribution in [2.24, 2.45) is 5.92 Å². The Morgan fingerprint density at radius 1 is 1.53 bits per heavy atom. The summed E-state index contributed by atoms with van der Waals surface area (Å²) < 4.78 is 5.82. The van der Waals surface area contributed by atoms with Crippen LogP contribution in [0.4, 0.5) is 0 Å². The number of hydrogen-bond donors (Lipinski definition) is 0. The number of ether oxygens (including phenoxy) is 1. The van der Waals surface area contributed by atoms with Gasteiger partial charge in [-0.15, -0.1) is 0 Å². The molecule has 17 heavy (non-hydrogen) atoms. The lowest BCUT2D eigenvalue weighted by atomic mass is 9.98. The fourth-order valence-corrected chi connectivity index (χ4v) is 2.47. The highest BCUT2D eigenvalue weighted by Gasteiger charge is 2.33. The molecule has 3 nitrogen and oxygen atoms in total. The molecule has 0 saturated carbocycles. The van der Waals surface area contributed by atoms with Crippen LogP contribution < -0.4 is 0 Å². The van der Waals surface area contributed by atoms with Gasteiger partial charge >= 0.3 is 5.97 Å². The maximum atomic E-state index is 11.3. The molecule has 0 spiro atoms. The number of carbonyl (C=O) groups excluding carboxylic acids is 1. The Labute approximate surface area is 110 Å². The van der Waals surface area contributed by atoms with Crippen molar-refractivity contribution in [1.29, 1.82) is 0 Å². The molecule has 0 N–H and O–H groups in total. The van der Waals surface area contributed by atoms with E-state index < -0.39 is 0 Å². The minimum absolute atomic E-state index is 0.0625. The second-order valence-electron chi connectivity index (χ2n) is 4.48. The highest BCUT2D eigenvalue weighted by Crippen LogP contribution is 2.23. The Balaban J connectivity index is 1.91. The third-order valence-corrected chi connectivity index (χ3v) is 3.69. The van der Waals surface area contributed by atoms with Gasteiger partial charge in [0.05, 0.1) is 13.0 Å². The molecule has 0 atom stereocenters. The van der Waals surface area contributed by atoms with Crippen LogP contribution in [-0.2, 0) is 16.1 Å². The van der Waals surface area contributed by atoms with Crippen LogP contribution in [0.15, 0.2) is 22.7 Å². The van der Waals surface area contributed by atoms with E-state index >= 15 is 0 Å². The van der Waals surface area contributed by atoms with E-state index in [1.165, 1.54) is 18.2 Å². The van der Waals surface area contributed by atoms with E-state index in [9.17, 15) is 4.79 Å². The summed E-state index contributed by atoms with van der Waals surface area (Å²) in [6.45, 7) is 4.62. The molecule has 1 aliphatic heterocycles.